The van der Waals surface area contributed by atoms with Gasteiger partial charge in [0.2, 0.25) is 0 Å². The third kappa shape index (κ3) is 2.95. The molecule has 0 radical (unpaired) electrons. The predicted octanol–water partition coefficient (Wildman–Crippen LogP) is 2.28. The maximum absolute atomic E-state index is 12.1. The largest absolute Gasteiger partial charge is 0.389 e. The van der Waals surface area contributed by atoms with Crippen molar-refractivity contribution in [1.82, 2.24) is 4.98 Å². The molecule has 0 unspecified atom stereocenters. The lowest BCUT2D eigenvalue weighted by Crippen LogP contribution is -2.18. The molecule has 0 aliphatic carbocycles. The number of thiocarbonyl (C=S) groups is 1. The number of nitrogens with two attached hydrogens (primary N) is 1. The number of hydrogen-bond acceptors (Lipinski definition) is 3. The Hall–Kier alpha value is -2.27. The van der Waals surface area contributed by atoms with E-state index in [0.717, 1.165) is 5.56 Å². The summed E-state index contributed by atoms with van der Waals surface area (Å²) in [6.07, 6.45) is 3.14. The summed E-state index contributed by atoms with van der Waals surface area (Å²) in [6, 6.07) is 8.81. The number of carbonyl (C=O) groups is 1. The van der Waals surface area contributed by atoms with Gasteiger partial charge in [0, 0.05) is 23.5 Å². The molecule has 3 N–H and O–H groups in total. The van der Waals surface area contributed by atoms with Crippen LogP contribution in [0.3, 0.4) is 0 Å². The fraction of sp³-hybridized carbons (Fsp3) is 0.0714. The van der Waals surface area contributed by atoms with Gasteiger partial charge in [-0.1, -0.05) is 24.4 Å². The summed E-state index contributed by atoms with van der Waals surface area (Å²) in [5.41, 5.74) is 8.48. The van der Waals surface area contributed by atoms with E-state index in [1.54, 1.807) is 30.6 Å². The molecule has 2 rings (SSSR count). The monoisotopic (exact) mass is 271 g/mol. The van der Waals surface area contributed by atoms with Gasteiger partial charge in [-0.15, -0.1) is 0 Å². The van der Waals surface area contributed by atoms with E-state index in [0.29, 0.717) is 16.8 Å². The van der Waals surface area contributed by atoms with Crippen molar-refractivity contribution in [3.8, 4) is 0 Å². The summed E-state index contributed by atoms with van der Waals surface area (Å²) < 4.78 is 0. The number of nitrogens with one attached hydrogen (secondary N) is 1. The Bertz CT molecular complexity index is 626. The van der Waals surface area contributed by atoms with Crippen LogP contribution in [0.2, 0.25) is 0 Å². The van der Waals surface area contributed by atoms with Crippen LogP contribution in [0.4, 0.5) is 5.69 Å². The highest BCUT2D eigenvalue weighted by Crippen LogP contribution is 2.20. The van der Waals surface area contributed by atoms with Gasteiger partial charge in [0.15, 0.2) is 0 Å². The second-order valence-corrected chi connectivity index (χ2v) is 4.49. The van der Waals surface area contributed by atoms with Crippen LogP contribution in [0.5, 0.6) is 0 Å². The quantitative estimate of drug-likeness (QED) is 0.840. The van der Waals surface area contributed by atoms with Crippen LogP contribution >= 0.6 is 12.2 Å². The molecule has 19 heavy (non-hydrogen) atoms. The summed E-state index contributed by atoms with van der Waals surface area (Å²) in [5, 5.41) is 2.81. The topological polar surface area (TPSA) is 68.0 Å². The zero-order valence-electron chi connectivity index (χ0n) is 10.4. The van der Waals surface area contributed by atoms with E-state index >= 15 is 0 Å². The van der Waals surface area contributed by atoms with Crippen LogP contribution in [0, 0.1) is 6.92 Å². The van der Waals surface area contributed by atoms with E-state index in [9.17, 15) is 4.79 Å². The number of benzene rings is 1. The molecular formula is C14H13N3OS. The molecule has 1 aromatic carbocycles. The lowest BCUT2D eigenvalue weighted by atomic mass is 10.1. The SMILES string of the molecule is Cc1cccc(NC(=O)c2ccncc2)c1C(N)=S. The Kier molecular flexibility index (Phi) is 3.87. The number of amides is 1. The first-order chi connectivity index (χ1) is 9.09. The third-order valence-electron chi connectivity index (χ3n) is 2.71. The molecule has 5 heteroatoms. The maximum Gasteiger partial charge on any atom is 0.255 e. The average Bonchev–Trinajstić information content (AvgIpc) is 2.39. The summed E-state index contributed by atoms with van der Waals surface area (Å²) in [6.45, 7) is 1.90. The van der Waals surface area contributed by atoms with Crippen LogP contribution in [-0.4, -0.2) is 15.9 Å². The van der Waals surface area contributed by atoms with Crippen molar-refractivity contribution in [3.05, 3.63) is 59.4 Å². The fourth-order valence-corrected chi connectivity index (χ4v) is 2.07. The Morgan fingerprint density at radius 1 is 1.26 bits per heavy atom. The van der Waals surface area contributed by atoms with Gasteiger partial charge in [0.25, 0.3) is 5.91 Å². The van der Waals surface area contributed by atoms with Crippen molar-refractivity contribution >= 4 is 28.8 Å². The molecule has 2 aromatic rings. The lowest BCUT2D eigenvalue weighted by Gasteiger charge is -2.12. The Labute approximate surface area is 116 Å². The fourth-order valence-electron chi connectivity index (χ4n) is 1.80. The van der Waals surface area contributed by atoms with Crippen molar-refractivity contribution in [3.63, 3.8) is 0 Å². The highest BCUT2D eigenvalue weighted by atomic mass is 32.1. The number of pyridine rings is 1. The van der Waals surface area contributed by atoms with Gasteiger partial charge in [-0.2, -0.15) is 0 Å². The molecule has 0 bridgehead atoms. The van der Waals surface area contributed by atoms with Crippen LogP contribution in [-0.2, 0) is 0 Å². The highest BCUT2D eigenvalue weighted by molar-refractivity contribution is 7.80. The first-order valence-corrected chi connectivity index (χ1v) is 6.11. The number of hydrogen-bond donors (Lipinski definition) is 2. The minimum atomic E-state index is -0.217. The van der Waals surface area contributed by atoms with E-state index < -0.39 is 0 Å². The van der Waals surface area contributed by atoms with Crippen LogP contribution in [0.15, 0.2) is 42.7 Å². The smallest absolute Gasteiger partial charge is 0.255 e. The minimum absolute atomic E-state index is 0.217. The molecule has 4 nitrogen and oxygen atoms in total. The van der Waals surface area contributed by atoms with Gasteiger partial charge in [0.05, 0.1) is 5.69 Å². The van der Waals surface area contributed by atoms with Gasteiger partial charge >= 0.3 is 0 Å². The summed E-state index contributed by atoms with van der Waals surface area (Å²) in [7, 11) is 0. The van der Waals surface area contributed by atoms with E-state index in [2.05, 4.69) is 10.3 Å². The van der Waals surface area contributed by atoms with Crippen LogP contribution < -0.4 is 11.1 Å². The zero-order chi connectivity index (χ0) is 13.8. The van der Waals surface area contributed by atoms with Crippen molar-refractivity contribution in [2.45, 2.75) is 6.92 Å². The molecule has 0 saturated carbocycles. The van der Waals surface area contributed by atoms with Crippen LogP contribution in [0.25, 0.3) is 0 Å². The predicted molar refractivity (Wildman–Crippen MR) is 79.3 cm³/mol. The highest BCUT2D eigenvalue weighted by Gasteiger charge is 2.12. The van der Waals surface area contributed by atoms with Crippen molar-refractivity contribution < 1.29 is 4.79 Å². The number of anilines is 1. The van der Waals surface area contributed by atoms with E-state index in [4.69, 9.17) is 18.0 Å². The molecule has 0 spiro atoms. The molecule has 1 heterocycles. The molecule has 0 aliphatic heterocycles. The Morgan fingerprint density at radius 3 is 2.58 bits per heavy atom. The van der Waals surface area contributed by atoms with Gasteiger partial charge < -0.3 is 11.1 Å². The molecule has 0 fully saturated rings. The van der Waals surface area contributed by atoms with Gasteiger partial charge in [-0.3, -0.25) is 9.78 Å². The Balaban J connectivity index is 2.32. The second kappa shape index (κ2) is 5.58. The number of aromatic nitrogens is 1. The van der Waals surface area contributed by atoms with Gasteiger partial charge in [-0.05, 0) is 30.7 Å². The first-order valence-electron chi connectivity index (χ1n) is 5.70. The number of rotatable bonds is 3. The summed E-state index contributed by atoms with van der Waals surface area (Å²) >= 11 is 5.02. The van der Waals surface area contributed by atoms with Crippen molar-refractivity contribution in [2.75, 3.05) is 5.32 Å². The lowest BCUT2D eigenvalue weighted by molar-refractivity contribution is 0.102. The summed E-state index contributed by atoms with van der Waals surface area (Å²) in [5.74, 6) is -0.217. The number of nitrogens with zero attached hydrogens (tertiary/aromatic N) is 1. The molecular weight excluding hydrogens is 258 g/mol. The number of aryl methyl sites for hydroxylation is 1. The summed E-state index contributed by atoms with van der Waals surface area (Å²) in [4.78, 5) is 16.2. The van der Waals surface area contributed by atoms with Crippen LogP contribution in [0.1, 0.15) is 21.5 Å². The van der Waals surface area contributed by atoms with Gasteiger partial charge in [0.1, 0.15) is 4.99 Å². The van der Waals surface area contributed by atoms with Crippen molar-refractivity contribution in [2.24, 2.45) is 5.73 Å². The average molecular weight is 271 g/mol. The molecule has 0 atom stereocenters. The van der Waals surface area contributed by atoms with E-state index in [1.165, 1.54) is 0 Å². The molecule has 0 saturated heterocycles. The number of carbonyl (C=O) groups excluding carboxylic acids is 1. The standard InChI is InChI=1S/C14H13N3OS/c1-9-3-2-4-11(12(9)13(15)19)17-14(18)10-5-7-16-8-6-10/h2-8H,1H3,(H2,15,19)(H,17,18). The molecule has 1 aromatic heterocycles. The minimum Gasteiger partial charge on any atom is -0.389 e. The Morgan fingerprint density at radius 2 is 1.95 bits per heavy atom. The van der Waals surface area contributed by atoms with E-state index in [-0.39, 0.29) is 10.9 Å². The molecule has 96 valence electrons. The second-order valence-electron chi connectivity index (χ2n) is 4.05. The first kappa shape index (κ1) is 13.2. The van der Waals surface area contributed by atoms with E-state index in [1.807, 2.05) is 19.1 Å². The molecule has 1 amide bonds. The molecule has 0 aliphatic rings. The van der Waals surface area contributed by atoms with Gasteiger partial charge in [-0.25, -0.2) is 0 Å². The zero-order valence-corrected chi connectivity index (χ0v) is 11.2. The van der Waals surface area contributed by atoms with Crippen molar-refractivity contribution in [1.29, 1.82) is 0 Å². The third-order valence-corrected chi connectivity index (χ3v) is 2.91. The normalized spacial score (nSPS) is 9.95. The maximum atomic E-state index is 12.1.